The Labute approximate surface area is 218 Å². The molecule has 0 radical (unpaired) electrons. The molecule has 0 amide bonds. The van der Waals surface area contributed by atoms with Crippen molar-refractivity contribution >= 4 is 25.9 Å². The molecule has 33 heavy (non-hydrogen) atoms. The predicted octanol–water partition coefficient (Wildman–Crippen LogP) is 9.80. The quantitative estimate of drug-likeness (QED) is 0.0690. The van der Waals surface area contributed by atoms with Crippen molar-refractivity contribution in [2.24, 2.45) is 0 Å². The van der Waals surface area contributed by atoms with Crippen LogP contribution in [0.3, 0.4) is 0 Å². The van der Waals surface area contributed by atoms with Crippen molar-refractivity contribution in [1.82, 2.24) is 0 Å². The van der Waals surface area contributed by atoms with E-state index in [1.54, 1.807) is 69.5 Å². The summed E-state index contributed by atoms with van der Waals surface area (Å²) in [5.41, 5.74) is 0. The second-order valence-electron chi connectivity index (χ2n) is 11.4. The third kappa shape index (κ3) is 28.8. The lowest BCUT2D eigenvalue weighted by molar-refractivity contribution is 0.581. The van der Waals surface area contributed by atoms with Crippen LogP contribution in [0.1, 0.15) is 175 Å². The molecule has 0 aromatic heterocycles. The standard InChI is InChI=1S/C30H68Si3/c1-4-7-10-13-16-19-22-25-28-31-32-33(29-26-23-20-17-14-11-8-5-2)30-27-24-21-18-15-12-9-6-3/h33H,4-32H2,1-3H3. The van der Waals surface area contributed by atoms with Crippen molar-refractivity contribution in [3.63, 3.8) is 0 Å². The van der Waals surface area contributed by atoms with E-state index in [0.29, 0.717) is 17.6 Å². The van der Waals surface area contributed by atoms with Crippen LogP contribution in [-0.2, 0) is 0 Å². The molecule has 200 valence electrons. The van der Waals surface area contributed by atoms with E-state index < -0.39 is 0 Å². The Bertz CT molecular complexity index is 315. The fourth-order valence-corrected chi connectivity index (χ4v) is 29.8. The molecule has 0 aliphatic rings. The molecule has 0 saturated carbocycles. The zero-order valence-corrected chi connectivity index (χ0v) is 28.1. The smallest absolute Gasteiger partial charge is 0.0210 e. The van der Waals surface area contributed by atoms with Crippen LogP contribution < -0.4 is 0 Å². The van der Waals surface area contributed by atoms with Crippen molar-refractivity contribution in [2.45, 2.75) is 193 Å². The van der Waals surface area contributed by atoms with Gasteiger partial charge in [0, 0.05) is 25.9 Å². The second kappa shape index (κ2) is 30.7. The Morgan fingerprint density at radius 1 is 0.364 bits per heavy atom. The molecule has 3 heteroatoms. The van der Waals surface area contributed by atoms with Crippen molar-refractivity contribution in [3.8, 4) is 0 Å². The Hall–Kier alpha value is 0.651. The fourth-order valence-electron chi connectivity index (χ4n) is 5.49. The van der Waals surface area contributed by atoms with Gasteiger partial charge in [0.15, 0.2) is 0 Å². The van der Waals surface area contributed by atoms with E-state index in [4.69, 9.17) is 0 Å². The summed E-state index contributed by atoms with van der Waals surface area (Å²) in [4.78, 5) is 0. The summed E-state index contributed by atoms with van der Waals surface area (Å²) in [6.07, 6.45) is 36.3. The van der Waals surface area contributed by atoms with E-state index in [9.17, 15) is 0 Å². The van der Waals surface area contributed by atoms with E-state index in [1.165, 1.54) is 103 Å². The van der Waals surface area contributed by atoms with Gasteiger partial charge < -0.3 is 0 Å². The maximum atomic E-state index is 2.33. The minimum absolute atomic E-state index is 0.251. The van der Waals surface area contributed by atoms with E-state index in [0.717, 1.165) is 0 Å². The highest BCUT2D eigenvalue weighted by molar-refractivity contribution is 7.35. The first-order valence-electron chi connectivity index (χ1n) is 16.3. The summed E-state index contributed by atoms with van der Waals surface area (Å²) in [7, 11) is 0.609. The van der Waals surface area contributed by atoms with Crippen LogP contribution >= 0.6 is 0 Å². The van der Waals surface area contributed by atoms with Gasteiger partial charge in [-0.3, -0.25) is 0 Å². The van der Waals surface area contributed by atoms with Crippen LogP contribution in [0.15, 0.2) is 0 Å². The molecule has 0 aliphatic heterocycles. The average molecular weight is 513 g/mol. The van der Waals surface area contributed by atoms with Gasteiger partial charge >= 0.3 is 0 Å². The van der Waals surface area contributed by atoms with Crippen molar-refractivity contribution < 1.29 is 0 Å². The maximum absolute atomic E-state index is 2.33. The Morgan fingerprint density at radius 2 is 0.667 bits per heavy atom. The fraction of sp³-hybridized carbons (Fsp3) is 1.00. The van der Waals surface area contributed by atoms with Gasteiger partial charge in [0.1, 0.15) is 0 Å². The molecule has 0 rings (SSSR count). The van der Waals surface area contributed by atoms with Crippen LogP contribution in [0.2, 0.25) is 18.1 Å². The third-order valence-electron chi connectivity index (χ3n) is 7.90. The third-order valence-corrected chi connectivity index (χ3v) is 31.2. The molecule has 0 heterocycles. The maximum Gasteiger partial charge on any atom is 0.0210 e. The summed E-state index contributed by atoms with van der Waals surface area (Å²) >= 11 is 0. The molecular weight excluding hydrogens is 445 g/mol. The zero-order valence-electron chi connectivity index (χ0n) is 24.1. The topological polar surface area (TPSA) is 0 Å². The van der Waals surface area contributed by atoms with Gasteiger partial charge in [0.2, 0.25) is 0 Å². The molecule has 0 aliphatic carbocycles. The van der Waals surface area contributed by atoms with Crippen LogP contribution in [-0.4, -0.2) is 25.9 Å². The summed E-state index contributed by atoms with van der Waals surface area (Å²) in [6, 6.07) is 5.27. The number of hydrogen-bond donors (Lipinski definition) is 0. The van der Waals surface area contributed by atoms with Crippen molar-refractivity contribution in [1.29, 1.82) is 0 Å². The Balaban J connectivity index is 3.83. The highest BCUT2D eigenvalue weighted by atomic mass is 29.5. The van der Waals surface area contributed by atoms with Gasteiger partial charge in [0.25, 0.3) is 0 Å². The van der Waals surface area contributed by atoms with E-state index in [1.807, 2.05) is 0 Å². The van der Waals surface area contributed by atoms with Gasteiger partial charge in [-0.25, -0.2) is 0 Å². The molecule has 0 atom stereocenters. The van der Waals surface area contributed by atoms with Gasteiger partial charge in [-0.15, -0.1) is 0 Å². The zero-order chi connectivity index (χ0) is 24.1. The van der Waals surface area contributed by atoms with Crippen molar-refractivity contribution in [3.05, 3.63) is 0 Å². The predicted molar refractivity (Wildman–Crippen MR) is 166 cm³/mol. The molecule has 0 aromatic rings. The lowest BCUT2D eigenvalue weighted by atomic mass is 10.1. The Kier molecular flexibility index (Phi) is 31.3. The first kappa shape index (κ1) is 33.7. The Morgan fingerprint density at radius 3 is 1.03 bits per heavy atom. The SMILES string of the molecule is CCCCCCCCCC[SiH2][SiH2][SiH](CCCCCCCCCC)CCCCCCCCCC. The summed E-state index contributed by atoms with van der Waals surface area (Å²) in [5, 5.41) is 0. The van der Waals surface area contributed by atoms with Crippen LogP contribution in [0.5, 0.6) is 0 Å². The summed E-state index contributed by atoms with van der Waals surface area (Å²) < 4.78 is 0. The molecule has 0 spiro atoms. The first-order valence-corrected chi connectivity index (χ1v) is 26.2. The van der Waals surface area contributed by atoms with Crippen LogP contribution in [0.25, 0.3) is 0 Å². The minimum atomic E-state index is -0.251. The van der Waals surface area contributed by atoms with Gasteiger partial charge in [-0.05, 0) is 0 Å². The van der Waals surface area contributed by atoms with Crippen molar-refractivity contribution in [2.75, 3.05) is 0 Å². The number of hydrogen-bond acceptors (Lipinski definition) is 0. The molecule has 0 fully saturated rings. The van der Waals surface area contributed by atoms with E-state index in [2.05, 4.69) is 20.8 Å². The van der Waals surface area contributed by atoms with E-state index in [-0.39, 0.29) is 8.31 Å². The number of unbranched alkanes of at least 4 members (excludes halogenated alkanes) is 21. The molecular formula is C30H68Si3. The molecule has 0 N–H and O–H groups in total. The molecule has 0 bridgehead atoms. The van der Waals surface area contributed by atoms with E-state index >= 15 is 0 Å². The number of rotatable bonds is 29. The molecule has 0 nitrogen and oxygen atoms in total. The lowest BCUT2D eigenvalue weighted by Crippen LogP contribution is -2.27. The van der Waals surface area contributed by atoms with Crippen LogP contribution in [0, 0.1) is 0 Å². The highest BCUT2D eigenvalue weighted by Crippen LogP contribution is 2.16. The second-order valence-corrected chi connectivity index (χ2v) is 28.8. The summed E-state index contributed by atoms with van der Waals surface area (Å²) in [5.74, 6) is 0. The summed E-state index contributed by atoms with van der Waals surface area (Å²) in [6.45, 7) is 6.99. The van der Waals surface area contributed by atoms with Gasteiger partial charge in [-0.2, -0.15) is 0 Å². The molecule has 0 unspecified atom stereocenters. The monoisotopic (exact) mass is 512 g/mol. The van der Waals surface area contributed by atoms with Crippen LogP contribution in [0.4, 0.5) is 0 Å². The lowest BCUT2D eigenvalue weighted by Gasteiger charge is -2.15. The first-order chi connectivity index (χ1) is 16.3. The van der Waals surface area contributed by atoms with Gasteiger partial charge in [0.05, 0.1) is 0 Å². The average Bonchev–Trinajstić information content (AvgIpc) is 2.83. The minimum Gasteiger partial charge on any atom is -0.0654 e. The highest BCUT2D eigenvalue weighted by Gasteiger charge is 2.11. The largest absolute Gasteiger partial charge is 0.0654 e. The molecule has 0 saturated heterocycles. The van der Waals surface area contributed by atoms with Gasteiger partial charge in [-0.1, -0.05) is 193 Å². The molecule has 0 aromatic carbocycles. The normalized spacial score (nSPS) is 12.4.